The fourth-order valence-corrected chi connectivity index (χ4v) is 3.93. The first-order valence-electron chi connectivity index (χ1n) is 8.73. The molecule has 1 atom stereocenters. The maximum atomic E-state index is 12.5. The van der Waals surface area contributed by atoms with Gasteiger partial charge in [-0.15, -0.1) is 0 Å². The molecule has 2 aromatic heterocycles. The second kappa shape index (κ2) is 6.55. The Kier molecular flexibility index (Phi) is 4.25. The van der Waals surface area contributed by atoms with E-state index in [-0.39, 0.29) is 11.5 Å². The molecule has 4 heterocycles. The van der Waals surface area contributed by atoms with E-state index in [1.165, 1.54) is 6.26 Å². The summed E-state index contributed by atoms with van der Waals surface area (Å²) in [5.41, 5.74) is 1.46. The van der Waals surface area contributed by atoms with Crippen LogP contribution in [0, 0.1) is 12.8 Å². The lowest BCUT2D eigenvalue weighted by Gasteiger charge is -2.38. The highest BCUT2D eigenvalue weighted by atomic mass is 16.5. The van der Waals surface area contributed by atoms with Gasteiger partial charge in [-0.05, 0) is 37.2 Å². The van der Waals surface area contributed by atoms with Crippen LogP contribution < -0.4 is 0 Å². The van der Waals surface area contributed by atoms with Crippen LogP contribution in [0.2, 0.25) is 0 Å². The largest absolute Gasteiger partial charge is 0.448 e. The fraction of sp³-hybridized carbons (Fsp3) is 0.556. The quantitative estimate of drug-likeness (QED) is 0.849. The predicted octanol–water partition coefficient (Wildman–Crippen LogP) is 2.03. The summed E-state index contributed by atoms with van der Waals surface area (Å²) in [5.74, 6) is 0.956. The molecule has 7 nitrogen and oxygen atoms in total. The van der Waals surface area contributed by atoms with E-state index in [0.29, 0.717) is 30.6 Å². The van der Waals surface area contributed by atoms with E-state index >= 15 is 0 Å². The van der Waals surface area contributed by atoms with Crippen LogP contribution in [-0.4, -0.2) is 51.1 Å². The third-order valence-electron chi connectivity index (χ3n) is 5.22. The van der Waals surface area contributed by atoms with Crippen molar-refractivity contribution in [3.8, 4) is 0 Å². The number of aryl methyl sites for hydroxylation is 1. The Labute approximate surface area is 146 Å². The average Bonchev–Trinajstić information content (AvgIpc) is 3.23. The molecule has 0 N–H and O–H groups in total. The standard InChI is InChI=1S/C18H22N4O3/c1-13-21-16(11-24-13)17(23)22-4-2-18(3-5-22)7-14(10-25-18)6-15-8-19-12-20-9-15/h8-9,11-12,14H,2-7,10H2,1H3/t14-/m0/s1. The first-order chi connectivity index (χ1) is 12.1. The van der Waals surface area contributed by atoms with E-state index in [0.717, 1.165) is 37.9 Å². The van der Waals surface area contributed by atoms with Crippen LogP contribution in [0.25, 0.3) is 0 Å². The summed E-state index contributed by atoms with van der Waals surface area (Å²) in [6.07, 6.45) is 10.5. The van der Waals surface area contributed by atoms with Gasteiger partial charge >= 0.3 is 0 Å². The van der Waals surface area contributed by atoms with Gasteiger partial charge in [0.2, 0.25) is 0 Å². The molecule has 25 heavy (non-hydrogen) atoms. The van der Waals surface area contributed by atoms with Crippen molar-refractivity contribution in [3.63, 3.8) is 0 Å². The van der Waals surface area contributed by atoms with E-state index in [4.69, 9.17) is 9.15 Å². The smallest absolute Gasteiger partial charge is 0.275 e. The van der Waals surface area contributed by atoms with Gasteiger partial charge in [0.15, 0.2) is 11.6 Å². The highest BCUT2D eigenvalue weighted by Gasteiger charge is 2.43. The van der Waals surface area contributed by atoms with Crippen molar-refractivity contribution >= 4 is 5.91 Å². The van der Waals surface area contributed by atoms with Gasteiger partial charge in [0.1, 0.15) is 12.6 Å². The maximum absolute atomic E-state index is 12.5. The Bertz CT molecular complexity index is 738. The molecule has 2 saturated heterocycles. The highest BCUT2D eigenvalue weighted by molar-refractivity contribution is 5.92. The van der Waals surface area contributed by atoms with Crippen molar-refractivity contribution in [1.29, 1.82) is 0 Å². The first kappa shape index (κ1) is 16.2. The minimum absolute atomic E-state index is 0.0531. The van der Waals surface area contributed by atoms with E-state index in [2.05, 4.69) is 15.0 Å². The number of carbonyl (C=O) groups is 1. The van der Waals surface area contributed by atoms with E-state index in [9.17, 15) is 4.79 Å². The van der Waals surface area contributed by atoms with Crippen LogP contribution >= 0.6 is 0 Å². The third-order valence-corrected chi connectivity index (χ3v) is 5.22. The van der Waals surface area contributed by atoms with Crippen LogP contribution in [-0.2, 0) is 11.2 Å². The maximum Gasteiger partial charge on any atom is 0.275 e. The molecule has 7 heteroatoms. The molecule has 0 bridgehead atoms. The molecular weight excluding hydrogens is 320 g/mol. The molecular formula is C18H22N4O3. The number of piperidine rings is 1. The molecule has 2 fully saturated rings. The number of amides is 1. The normalized spacial score (nSPS) is 22.4. The lowest BCUT2D eigenvalue weighted by atomic mass is 9.84. The van der Waals surface area contributed by atoms with Gasteiger partial charge in [-0.3, -0.25) is 4.79 Å². The zero-order valence-electron chi connectivity index (χ0n) is 14.4. The SMILES string of the molecule is Cc1nc(C(=O)N2CCC3(CC2)C[C@H](Cc2cncnc2)CO3)co1. The van der Waals surface area contributed by atoms with Gasteiger partial charge in [-0.1, -0.05) is 0 Å². The molecule has 0 aromatic carbocycles. The number of aromatic nitrogens is 3. The zero-order chi connectivity index (χ0) is 17.3. The van der Waals surface area contributed by atoms with Gasteiger partial charge in [0.05, 0.1) is 12.2 Å². The lowest BCUT2D eigenvalue weighted by molar-refractivity contribution is -0.0391. The van der Waals surface area contributed by atoms with Crippen molar-refractivity contribution in [2.24, 2.45) is 5.92 Å². The summed E-state index contributed by atoms with van der Waals surface area (Å²) in [5, 5.41) is 0. The number of hydrogen-bond acceptors (Lipinski definition) is 6. The number of oxazole rings is 1. The molecule has 2 aliphatic rings. The topological polar surface area (TPSA) is 81.4 Å². The Hall–Kier alpha value is -2.28. The Morgan fingerprint density at radius 3 is 2.76 bits per heavy atom. The molecule has 0 aliphatic carbocycles. The Morgan fingerprint density at radius 2 is 2.08 bits per heavy atom. The number of carbonyl (C=O) groups excluding carboxylic acids is 1. The molecule has 0 radical (unpaired) electrons. The number of ether oxygens (including phenoxy) is 1. The van der Waals surface area contributed by atoms with Crippen molar-refractivity contribution in [1.82, 2.24) is 19.9 Å². The molecule has 2 aliphatic heterocycles. The van der Waals surface area contributed by atoms with Gasteiger partial charge in [0, 0.05) is 32.4 Å². The Balaban J connectivity index is 1.33. The van der Waals surface area contributed by atoms with Crippen molar-refractivity contribution < 1.29 is 13.9 Å². The molecule has 1 amide bonds. The summed E-state index contributed by atoms with van der Waals surface area (Å²) in [6, 6.07) is 0. The summed E-state index contributed by atoms with van der Waals surface area (Å²) >= 11 is 0. The molecule has 132 valence electrons. The zero-order valence-corrected chi connectivity index (χ0v) is 14.4. The van der Waals surface area contributed by atoms with Gasteiger partial charge in [0.25, 0.3) is 5.91 Å². The van der Waals surface area contributed by atoms with Crippen LogP contribution in [0.5, 0.6) is 0 Å². The first-order valence-corrected chi connectivity index (χ1v) is 8.73. The van der Waals surface area contributed by atoms with Crippen LogP contribution in [0.3, 0.4) is 0 Å². The van der Waals surface area contributed by atoms with Crippen molar-refractivity contribution in [3.05, 3.63) is 42.1 Å². The molecule has 0 unspecified atom stereocenters. The Morgan fingerprint density at radius 1 is 1.32 bits per heavy atom. The number of hydrogen-bond donors (Lipinski definition) is 0. The second-order valence-electron chi connectivity index (χ2n) is 7.06. The monoisotopic (exact) mass is 342 g/mol. The molecule has 0 saturated carbocycles. The molecule has 4 rings (SSSR count). The summed E-state index contributed by atoms with van der Waals surface area (Å²) in [6.45, 7) is 3.91. The summed E-state index contributed by atoms with van der Waals surface area (Å²) in [4.78, 5) is 26.6. The van der Waals surface area contributed by atoms with Crippen LogP contribution in [0.4, 0.5) is 0 Å². The summed E-state index contributed by atoms with van der Waals surface area (Å²) < 4.78 is 11.3. The van der Waals surface area contributed by atoms with E-state index in [1.807, 2.05) is 17.3 Å². The fourth-order valence-electron chi connectivity index (χ4n) is 3.93. The van der Waals surface area contributed by atoms with Gasteiger partial charge < -0.3 is 14.1 Å². The minimum Gasteiger partial charge on any atom is -0.448 e. The van der Waals surface area contributed by atoms with E-state index in [1.54, 1.807) is 13.3 Å². The van der Waals surface area contributed by atoms with Crippen molar-refractivity contribution in [2.45, 2.75) is 38.2 Å². The minimum atomic E-state index is -0.0865. The van der Waals surface area contributed by atoms with Crippen LogP contribution in [0.1, 0.15) is 41.2 Å². The number of rotatable bonds is 3. The number of likely N-dealkylation sites (tertiary alicyclic amines) is 1. The van der Waals surface area contributed by atoms with E-state index < -0.39 is 0 Å². The molecule has 2 aromatic rings. The van der Waals surface area contributed by atoms with Gasteiger partial charge in [-0.25, -0.2) is 15.0 Å². The van der Waals surface area contributed by atoms with Gasteiger partial charge in [-0.2, -0.15) is 0 Å². The highest BCUT2D eigenvalue weighted by Crippen LogP contribution is 2.39. The number of nitrogens with zero attached hydrogens (tertiary/aromatic N) is 4. The second-order valence-corrected chi connectivity index (χ2v) is 7.06. The molecule has 1 spiro atoms. The average molecular weight is 342 g/mol. The summed E-state index contributed by atoms with van der Waals surface area (Å²) in [7, 11) is 0. The van der Waals surface area contributed by atoms with Crippen LogP contribution in [0.15, 0.2) is 29.4 Å². The van der Waals surface area contributed by atoms with Crippen molar-refractivity contribution in [2.75, 3.05) is 19.7 Å². The predicted molar refractivity (Wildman–Crippen MR) is 88.9 cm³/mol. The third kappa shape index (κ3) is 3.42. The lowest BCUT2D eigenvalue weighted by Crippen LogP contribution is -2.46.